The number of benzene rings is 1. The largest absolute Gasteiger partial charge is 0.354 e. The molecule has 1 saturated heterocycles. The fraction of sp³-hybridized carbons (Fsp3) is 0.652. The number of nitrogens with one attached hydrogen (secondary N) is 1. The first-order valence-electron chi connectivity index (χ1n) is 10.9. The fourth-order valence-corrected chi connectivity index (χ4v) is 4.65. The highest BCUT2D eigenvalue weighted by molar-refractivity contribution is 5.79. The third-order valence-corrected chi connectivity index (χ3v) is 6.48. The minimum Gasteiger partial charge on any atom is -0.354 e. The van der Waals surface area contributed by atoms with Crippen LogP contribution in [0.2, 0.25) is 0 Å². The first-order chi connectivity index (χ1) is 13.9. The van der Waals surface area contributed by atoms with Crippen molar-refractivity contribution in [3.05, 3.63) is 35.4 Å². The molecule has 0 aromatic heterocycles. The number of fused-ring (bicyclic) bond motifs is 1. The molecule has 0 radical (unpaired) electrons. The average Bonchev–Trinajstić information content (AvgIpc) is 2.69. The number of rotatable bonds is 6. The van der Waals surface area contributed by atoms with E-state index in [2.05, 4.69) is 48.1 Å². The topological polar surface area (TPSA) is 55.9 Å². The molecule has 2 unspecified atom stereocenters. The first-order valence-corrected chi connectivity index (χ1v) is 10.9. The number of hydrogen-bond acceptors (Lipinski definition) is 4. The molecule has 2 amide bonds. The summed E-state index contributed by atoms with van der Waals surface area (Å²) in [5.74, 6) is 0.537. The third kappa shape index (κ3) is 5.37. The van der Waals surface area contributed by atoms with Gasteiger partial charge in [0.2, 0.25) is 11.8 Å². The molecule has 2 heterocycles. The predicted molar refractivity (Wildman–Crippen MR) is 116 cm³/mol. The Morgan fingerprint density at radius 3 is 2.45 bits per heavy atom. The number of nitrogens with zero attached hydrogens (tertiary/aromatic N) is 3. The monoisotopic (exact) mass is 400 g/mol. The number of piperazine rings is 1. The summed E-state index contributed by atoms with van der Waals surface area (Å²) in [6.45, 7) is 11.6. The second kappa shape index (κ2) is 9.72. The zero-order chi connectivity index (χ0) is 21.0. The van der Waals surface area contributed by atoms with Gasteiger partial charge in [0.1, 0.15) is 0 Å². The van der Waals surface area contributed by atoms with Crippen LogP contribution in [0.5, 0.6) is 0 Å². The van der Waals surface area contributed by atoms with Crippen LogP contribution in [0.15, 0.2) is 24.3 Å². The highest BCUT2D eigenvalue weighted by Gasteiger charge is 2.31. The summed E-state index contributed by atoms with van der Waals surface area (Å²) in [5.41, 5.74) is 2.36. The molecule has 1 aromatic carbocycles. The van der Waals surface area contributed by atoms with Gasteiger partial charge in [0.05, 0.1) is 12.5 Å². The minimum absolute atomic E-state index is 0.0257. The maximum atomic E-state index is 12.9. The summed E-state index contributed by atoms with van der Waals surface area (Å²) in [6, 6.07) is 8.37. The van der Waals surface area contributed by atoms with Crippen LogP contribution >= 0.6 is 0 Å². The lowest BCUT2D eigenvalue weighted by Gasteiger charge is -2.40. The van der Waals surface area contributed by atoms with Crippen molar-refractivity contribution in [1.82, 2.24) is 20.0 Å². The summed E-state index contributed by atoms with van der Waals surface area (Å²) in [5, 5.41) is 3.18. The van der Waals surface area contributed by atoms with Crippen molar-refractivity contribution in [3.8, 4) is 0 Å². The Balaban J connectivity index is 1.63. The molecule has 0 spiro atoms. The fourth-order valence-electron chi connectivity index (χ4n) is 4.65. The van der Waals surface area contributed by atoms with Crippen molar-refractivity contribution in [3.63, 3.8) is 0 Å². The van der Waals surface area contributed by atoms with Crippen LogP contribution in [0.3, 0.4) is 0 Å². The van der Waals surface area contributed by atoms with Crippen molar-refractivity contribution in [2.24, 2.45) is 5.92 Å². The summed E-state index contributed by atoms with van der Waals surface area (Å²) < 4.78 is 0. The van der Waals surface area contributed by atoms with Crippen LogP contribution in [0.4, 0.5) is 0 Å². The molecule has 29 heavy (non-hydrogen) atoms. The molecular formula is C23H36N4O2. The number of likely N-dealkylation sites (N-methyl/N-ethyl adjacent to an activating group) is 1. The lowest BCUT2D eigenvalue weighted by atomic mass is 9.90. The Morgan fingerprint density at radius 2 is 1.79 bits per heavy atom. The highest BCUT2D eigenvalue weighted by atomic mass is 16.2. The van der Waals surface area contributed by atoms with Crippen LogP contribution in [-0.2, 0) is 16.0 Å². The molecule has 1 N–H and O–H groups in total. The van der Waals surface area contributed by atoms with Gasteiger partial charge in [0, 0.05) is 52.2 Å². The van der Waals surface area contributed by atoms with E-state index in [1.807, 2.05) is 17.0 Å². The molecule has 0 aliphatic carbocycles. The summed E-state index contributed by atoms with van der Waals surface area (Å²) in [6.07, 6.45) is 1.18. The van der Waals surface area contributed by atoms with Gasteiger partial charge >= 0.3 is 0 Å². The summed E-state index contributed by atoms with van der Waals surface area (Å²) >= 11 is 0. The predicted octanol–water partition coefficient (Wildman–Crippen LogP) is 1.91. The van der Waals surface area contributed by atoms with Gasteiger partial charge in [-0.05, 0) is 30.5 Å². The zero-order valence-corrected chi connectivity index (χ0v) is 18.4. The number of carbonyl (C=O) groups is 2. The first kappa shape index (κ1) is 21.8. The lowest BCUT2D eigenvalue weighted by molar-refractivity contribution is -0.133. The second-order valence-corrected chi connectivity index (χ2v) is 8.84. The van der Waals surface area contributed by atoms with Gasteiger partial charge in [0.15, 0.2) is 0 Å². The van der Waals surface area contributed by atoms with Gasteiger partial charge in [-0.15, -0.1) is 0 Å². The van der Waals surface area contributed by atoms with Gasteiger partial charge in [0.25, 0.3) is 0 Å². The van der Waals surface area contributed by atoms with Gasteiger partial charge in [-0.3, -0.25) is 14.5 Å². The smallest absolute Gasteiger partial charge is 0.222 e. The van der Waals surface area contributed by atoms with E-state index >= 15 is 0 Å². The van der Waals surface area contributed by atoms with E-state index in [0.717, 1.165) is 38.2 Å². The van der Waals surface area contributed by atoms with Gasteiger partial charge in [-0.25, -0.2) is 0 Å². The Labute approximate surface area is 175 Å². The molecule has 6 nitrogen and oxygen atoms in total. The third-order valence-electron chi connectivity index (χ3n) is 6.48. The van der Waals surface area contributed by atoms with E-state index in [4.69, 9.17) is 0 Å². The summed E-state index contributed by atoms with van der Waals surface area (Å²) in [7, 11) is 2.16. The van der Waals surface area contributed by atoms with Crippen LogP contribution in [0, 0.1) is 5.92 Å². The van der Waals surface area contributed by atoms with Crippen molar-refractivity contribution in [2.75, 3.05) is 46.3 Å². The van der Waals surface area contributed by atoms with E-state index in [0.29, 0.717) is 31.5 Å². The van der Waals surface area contributed by atoms with Crippen molar-refractivity contribution in [2.45, 2.75) is 45.7 Å². The highest BCUT2D eigenvalue weighted by Crippen LogP contribution is 2.32. The van der Waals surface area contributed by atoms with Crippen molar-refractivity contribution >= 4 is 11.8 Å². The van der Waals surface area contributed by atoms with Crippen molar-refractivity contribution in [1.29, 1.82) is 0 Å². The number of carbonyl (C=O) groups excluding carboxylic acids is 2. The zero-order valence-electron chi connectivity index (χ0n) is 18.4. The lowest BCUT2D eigenvalue weighted by Crippen LogP contribution is -2.54. The van der Waals surface area contributed by atoms with Crippen LogP contribution in [0.25, 0.3) is 0 Å². The number of hydrogen-bond donors (Lipinski definition) is 1. The Morgan fingerprint density at radius 1 is 1.10 bits per heavy atom. The maximum absolute atomic E-state index is 12.9. The molecule has 1 aromatic rings. The van der Waals surface area contributed by atoms with Crippen LogP contribution in [0.1, 0.15) is 44.4 Å². The van der Waals surface area contributed by atoms with Crippen LogP contribution < -0.4 is 5.32 Å². The SMILES string of the molecule is CC(=O)N1CCc2ccccc2C1CC(=O)NCC(C(C)C)N1CCN(C)CC1. The normalized spacial score (nSPS) is 21.7. The molecule has 6 heteroatoms. The molecule has 2 aliphatic rings. The maximum Gasteiger partial charge on any atom is 0.222 e. The van der Waals surface area contributed by atoms with Gasteiger partial charge in [-0.1, -0.05) is 38.1 Å². The Kier molecular flexibility index (Phi) is 7.30. The number of amides is 2. The quantitative estimate of drug-likeness (QED) is 0.793. The average molecular weight is 401 g/mol. The second-order valence-electron chi connectivity index (χ2n) is 8.84. The molecular weight excluding hydrogens is 364 g/mol. The molecule has 0 saturated carbocycles. The van der Waals surface area contributed by atoms with E-state index in [-0.39, 0.29) is 17.9 Å². The van der Waals surface area contributed by atoms with Crippen LogP contribution in [-0.4, -0.2) is 78.9 Å². The van der Waals surface area contributed by atoms with E-state index in [1.54, 1.807) is 6.92 Å². The molecule has 2 aliphatic heterocycles. The minimum atomic E-state index is -0.168. The van der Waals surface area contributed by atoms with Crippen molar-refractivity contribution < 1.29 is 9.59 Å². The van der Waals surface area contributed by atoms with Gasteiger partial charge < -0.3 is 15.1 Å². The molecule has 1 fully saturated rings. The van der Waals surface area contributed by atoms with E-state index in [1.165, 1.54) is 5.56 Å². The molecule has 3 rings (SSSR count). The summed E-state index contributed by atoms with van der Waals surface area (Å²) in [4.78, 5) is 31.8. The molecule has 2 atom stereocenters. The molecule has 160 valence electrons. The van der Waals surface area contributed by atoms with E-state index in [9.17, 15) is 9.59 Å². The van der Waals surface area contributed by atoms with E-state index < -0.39 is 0 Å². The van der Waals surface area contributed by atoms with Gasteiger partial charge in [-0.2, -0.15) is 0 Å². The molecule has 0 bridgehead atoms. The Hall–Kier alpha value is -1.92. The standard InChI is InChI=1S/C23H36N4O2/c1-17(2)22(26-13-11-25(4)12-14-26)16-24-23(29)15-21-20-8-6-5-7-19(20)9-10-27(21)18(3)28/h5-8,17,21-22H,9-16H2,1-4H3,(H,24,29). The Bertz CT molecular complexity index is 713.